The third-order valence-electron chi connectivity index (χ3n) is 2.03. The zero-order valence-corrected chi connectivity index (χ0v) is 9.38. The lowest BCUT2D eigenvalue weighted by Gasteiger charge is -2.02. The highest BCUT2D eigenvalue weighted by Crippen LogP contribution is 2.27. The summed E-state index contributed by atoms with van der Waals surface area (Å²) < 4.78 is 5.96. The number of nitrogens with zero attached hydrogens (tertiary/aromatic N) is 1. The van der Waals surface area contributed by atoms with Gasteiger partial charge in [0.15, 0.2) is 5.58 Å². The maximum absolute atomic E-state index is 11.4. The lowest BCUT2D eigenvalue weighted by molar-refractivity contribution is 0.597. The molecule has 0 fully saturated rings. The molecular formula is C9H9BrN2O2. The highest BCUT2D eigenvalue weighted by atomic mass is 79.9. The average Bonchev–Trinajstić information content (AvgIpc) is 2.49. The van der Waals surface area contributed by atoms with Crippen LogP contribution in [0.25, 0.3) is 11.0 Å². The van der Waals surface area contributed by atoms with E-state index in [-0.39, 0.29) is 11.5 Å². The number of hydrogen-bond acceptors (Lipinski definition) is 3. The molecule has 0 bridgehead atoms. The number of H-pyrrole nitrogens is 1. The predicted octanol–water partition coefficient (Wildman–Crippen LogP) is 2.40. The number of halogens is 1. The molecule has 0 saturated carbocycles. The smallest absolute Gasteiger partial charge is 0.276 e. The van der Waals surface area contributed by atoms with E-state index < -0.39 is 0 Å². The molecule has 74 valence electrons. The van der Waals surface area contributed by atoms with Gasteiger partial charge in [0, 0.05) is 5.92 Å². The monoisotopic (exact) mass is 256 g/mol. The number of nitrogens with one attached hydrogen (secondary N) is 1. The van der Waals surface area contributed by atoms with Gasteiger partial charge >= 0.3 is 0 Å². The molecule has 0 aliphatic carbocycles. The molecule has 4 nitrogen and oxygen atoms in total. The lowest BCUT2D eigenvalue weighted by Crippen LogP contribution is -2.10. The fourth-order valence-corrected chi connectivity index (χ4v) is 1.80. The second kappa shape index (κ2) is 3.24. The molecule has 0 amide bonds. The van der Waals surface area contributed by atoms with Crippen molar-refractivity contribution in [1.29, 1.82) is 0 Å². The highest BCUT2D eigenvalue weighted by Gasteiger charge is 2.15. The van der Waals surface area contributed by atoms with E-state index in [0.717, 1.165) is 5.69 Å². The quantitative estimate of drug-likeness (QED) is 0.853. The van der Waals surface area contributed by atoms with Crippen molar-refractivity contribution >= 4 is 26.9 Å². The molecule has 5 heteroatoms. The van der Waals surface area contributed by atoms with Gasteiger partial charge in [0.2, 0.25) is 0 Å². The summed E-state index contributed by atoms with van der Waals surface area (Å²) in [5.41, 5.74) is 1.10. The van der Waals surface area contributed by atoms with Crippen LogP contribution in [0.2, 0.25) is 0 Å². The van der Waals surface area contributed by atoms with E-state index in [1.807, 2.05) is 13.8 Å². The van der Waals surface area contributed by atoms with Crippen LogP contribution < -0.4 is 5.56 Å². The van der Waals surface area contributed by atoms with Crippen LogP contribution in [0.5, 0.6) is 0 Å². The Labute approximate surface area is 88.4 Å². The van der Waals surface area contributed by atoms with Gasteiger partial charge in [-0.15, -0.1) is 0 Å². The van der Waals surface area contributed by atoms with Gasteiger partial charge in [0.1, 0.15) is 17.3 Å². The van der Waals surface area contributed by atoms with Crippen molar-refractivity contribution in [3.05, 3.63) is 26.8 Å². The van der Waals surface area contributed by atoms with Crippen molar-refractivity contribution in [3.63, 3.8) is 0 Å². The van der Waals surface area contributed by atoms with Gasteiger partial charge in [0.25, 0.3) is 5.56 Å². The van der Waals surface area contributed by atoms with Gasteiger partial charge in [-0.25, -0.2) is 5.10 Å². The SMILES string of the molecule is CC(C)c1n[nH]c(=O)c2c(Br)coc12. The van der Waals surface area contributed by atoms with Crippen LogP contribution in [0.4, 0.5) is 0 Å². The van der Waals surface area contributed by atoms with Gasteiger partial charge in [-0.2, -0.15) is 5.10 Å². The summed E-state index contributed by atoms with van der Waals surface area (Å²) in [5.74, 6) is 0.215. The molecule has 2 aromatic rings. The first-order valence-corrected chi connectivity index (χ1v) is 5.06. The minimum absolute atomic E-state index is 0.215. The Morgan fingerprint density at radius 1 is 1.57 bits per heavy atom. The molecule has 1 N–H and O–H groups in total. The van der Waals surface area contributed by atoms with E-state index in [2.05, 4.69) is 26.1 Å². The molecule has 2 aromatic heterocycles. The number of fused-ring (bicyclic) bond motifs is 1. The molecular weight excluding hydrogens is 248 g/mol. The summed E-state index contributed by atoms with van der Waals surface area (Å²) in [7, 11) is 0. The van der Waals surface area contributed by atoms with Crippen molar-refractivity contribution in [2.24, 2.45) is 0 Å². The minimum atomic E-state index is -0.231. The molecule has 0 aliphatic rings. The van der Waals surface area contributed by atoms with Crippen molar-refractivity contribution in [2.75, 3.05) is 0 Å². The first-order chi connectivity index (χ1) is 6.61. The first-order valence-electron chi connectivity index (χ1n) is 4.26. The molecule has 0 aromatic carbocycles. The molecule has 0 atom stereocenters. The lowest BCUT2D eigenvalue weighted by atomic mass is 10.1. The van der Waals surface area contributed by atoms with Crippen molar-refractivity contribution < 1.29 is 4.42 Å². The first kappa shape index (κ1) is 9.45. The van der Waals surface area contributed by atoms with E-state index in [9.17, 15) is 4.79 Å². The zero-order chi connectivity index (χ0) is 10.3. The van der Waals surface area contributed by atoms with E-state index in [1.54, 1.807) is 0 Å². The average molecular weight is 257 g/mol. The van der Waals surface area contributed by atoms with Gasteiger partial charge in [-0.1, -0.05) is 13.8 Å². The van der Waals surface area contributed by atoms with Crippen molar-refractivity contribution in [1.82, 2.24) is 10.2 Å². The van der Waals surface area contributed by atoms with Crippen LogP contribution in [0.3, 0.4) is 0 Å². The summed E-state index contributed by atoms with van der Waals surface area (Å²) in [6, 6.07) is 0. The van der Waals surface area contributed by atoms with E-state index >= 15 is 0 Å². The molecule has 14 heavy (non-hydrogen) atoms. The van der Waals surface area contributed by atoms with E-state index in [1.165, 1.54) is 6.26 Å². The third-order valence-corrected chi connectivity index (χ3v) is 2.61. The van der Waals surface area contributed by atoms with Crippen LogP contribution in [-0.2, 0) is 0 Å². The van der Waals surface area contributed by atoms with E-state index in [0.29, 0.717) is 15.4 Å². The molecule has 0 spiro atoms. The fraction of sp³-hybridized carbons (Fsp3) is 0.333. The largest absolute Gasteiger partial charge is 0.461 e. The summed E-state index contributed by atoms with van der Waals surface area (Å²) in [5, 5.41) is 6.95. The summed E-state index contributed by atoms with van der Waals surface area (Å²) >= 11 is 3.26. The van der Waals surface area contributed by atoms with Crippen LogP contribution >= 0.6 is 15.9 Å². The third kappa shape index (κ3) is 1.28. The molecule has 0 saturated heterocycles. The number of hydrogen-bond donors (Lipinski definition) is 1. The molecule has 2 heterocycles. The predicted molar refractivity (Wildman–Crippen MR) is 56.4 cm³/mol. The van der Waals surface area contributed by atoms with Gasteiger partial charge in [-0.3, -0.25) is 4.79 Å². The van der Waals surface area contributed by atoms with Gasteiger partial charge < -0.3 is 4.42 Å². The Hall–Kier alpha value is -1.10. The van der Waals surface area contributed by atoms with Crippen LogP contribution in [0, 0.1) is 0 Å². The second-order valence-electron chi connectivity index (χ2n) is 3.38. The zero-order valence-electron chi connectivity index (χ0n) is 7.80. The highest BCUT2D eigenvalue weighted by molar-refractivity contribution is 9.10. The van der Waals surface area contributed by atoms with Crippen LogP contribution in [-0.4, -0.2) is 10.2 Å². The molecule has 0 radical (unpaired) electrons. The maximum Gasteiger partial charge on any atom is 0.276 e. The summed E-state index contributed by atoms with van der Waals surface area (Å²) in [6.45, 7) is 3.99. The van der Waals surface area contributed by atoms with Crippen LogP contribution in [0.1, 0.15) is 25.5 Å². The Balaban J connectivity index is 2.91. The number of furan rings is 1. The number of aromatic nitrogens is 2. The Morgan fingerprint density at radius 2 is 2.29 bits per heavy atom. The Bertz CT molecular complexity index is 527. The second-order valence-corrected chi connectivity index (χ2v) is 4.23. The van der Waals surface area contributed by atoms with Gasteiger partial charge in [0.05, 0.1) is 4.47 Å². The molecule has 0 aliphatic heterocycles. The summed E-state index contributed by atoms with van der Waals surface area (Å²) in [6.07, 6.45) is 1.51. The maximum atomic E-state index is 11.4. The minimum Gasteiger partial charge on any atom is -0.461 e. The number of aromatic amines is 1. The van der Waals surface area contributed by atoms with Crippen LogP contribution in [0.15, 0.2) is 19.9 Å². The number of rotatable bonds is 1. The normalized spacial score (nSPS) is 11.4. The van der Waals surface area contributed by atoms with Crippen molar-refractivity contribution in [3.8, 4) is 0 Å². The van der Waals surface area contributed by atoms with Gasteiger partial charge in [-0.05, 0) is 15.9 Å². The Kier molecular flexibility index (Phi) is 2.19. The summed E-state index contributed by atoms with van der Waals surface area (Å²) in [4.78, 5) is 11.4. The van der Waals surface area contributed by atoms with Crippen molar-refractivity contribution in [2.45, 2.75) is 19.8 Å². The molecule has 0 unspecified atom stereocenters. The topological polar surface area (TPSA) is 58.9 Å². The Morgan fingerprint density at radius 3 is 2.93 bits per heavy atom. The molecule has 2 rings (SSSR count). The van der Waals surface area contributed by atoms with E-state index in [4.69, 9.17) is 4.42 Å². The standard InChI is InChI=1S/C9H9BrN2O2/c1-4(2)7-8-6(5(10)3-14-8)9(13)12-11-7/h3-4H,1-2H3,(H,12,13). The fourth-order valence-electron chi connectivity index (χ4n) is 1.35.